The van der Waals surface area contributed by atoms with Gasteiger partial charge in [0.2, 0.25) is 0 Å². The van der Waals surface area contributed by atoms with Crippen LogP contribution in [0.5, 0.6) is 5.75 Å². The van der Waals surface area contributed by atoms with E-state index in [1.165, 1.54) is 7.11 Å². The standard InChI is InChI=1S/C11H13BrO3/c1-7-4-8(6-10(13)15-3)5-9(14-2)11(7)12/h4-5H,6H2,1-3H3. The second kappa shape index (κ2) is 5.16. The van der Waals surface area contributed by atoms with Crippen LogP contribution in [-0.2, 0) is 16.0 Å². The quantitative estimate of drug-likeness (QED) is 0.794. The minimum Gasteiger partial charge on any atom is -0.496 e. The molecular weight excluding hydrogens is 260 g/mol. The topological polar surface area (TPSA) is 35.5 Å². The van der Waals surface area contributed by atoms with Gasteiger partial charge in [0, 0.05) is 0 Å². The molecule has 4 heteroatoms. The molecular formula is C11H13BrO3. The monoisotopic (exact) mass is 272 g/mol. The highest BCUT2D eigenvalue weighted by molar-refractivity contribution is 9.10. The average Bonchev–Trinajstić information content (AvgIpc) is 2.22. The predicted octanol–water partition coefficient (Wildman–Crippen LogP) is 2.48. The van der Waals surface area contributed by atoms with E-state index in [-0.39, 0.29) is 12.4 Å². The van der Waals surface area contributed by atoms with Crippen molar-refractivity contribution >= 4 is 21.9 Å². The first-order valence-corrected chi connectivity index (χ1v) is 5.27. The van der Waals surface area contributed by atoms with Crippen molar-refractivity contribution in [2.24, 2.45) is 0 Å². The third-order valence-corrected chi connectivity index (χ3v) is 3.09. The molecule has 1 aromatic carbocycles. The zero-order valence-electron chi connectivity index (χ0n) is 8.96. The number of carbonyl (C=O) groups excluding carboxylic acids is 1. The summed E-state index contributed by atoms with van der Waals surface area (Å²) in [4.78, 5) is 11.1. The Bertz CT molecular complexity index is 374. The Labute approximate surface area is 97.5 Å². The molecule has 82 valence electrons. The molecule has 0 unspecified atom stereocenters. The van der Waals surface area contributed by atoms with Gasteiger partial charge in [-0.1, -0.05) is 6.07 Å². The lowest BCUT2D eigenvalue weighted by Gasteiger charge is -2.09. The van der Waals surface area contributed by atoms with Crippen LogP contribution in [0, 0.1) is 6.92 Å². The minimum absolute atomic E-state index is 0.251. The number of carbonyl (C=O) groups is 1. The molecule has 0 aliphatic carbocycles. The number of rotatable bonds is 3. The Morgan fingerprint density at radius 1 is 1.40 bits per heavy atom. The lowest BCUT2D eigenvalue weighted by molar-refractivity contribution is -0.139. The lowest BCUT2D eigenvalue weighted by Crippen LogP contribution is -2.05. The second-order valence-electron chi connectivity index (χ2n) is 3.18. The van der Waals surface area contributed by atoms with E-state index in [4.69, 9.17) is 4.74 Å². The number of halogens is 1. The zero-order chi connectivity index (χ0) is 11.4. The molecule has 0 aliphatic rings. The summed E-state index contributed by atoms with van der Waals surface area (Å²) >= 11 is 3.42. The van der Waals surface area contributed by atoms with Gasteiger partial charge in [-0.25, -0.2) is 0 Å². The van der Waals surface area contributed by atoms with E-state index < -0.39 is 0 Å². The van der Waals surface area contributed by atoms with Gasteiger partial charge in [0.05, 0.1) is 25.1 Å². The van der Waals surface area contributed by atoms with Crippen LogP contribution in [0.3, 0.4) is 0 Å². The first kappa shape index (κ1) is 12.0. The van der Waals surface area contributed by atoms with E-state index in [0.717, 1.165) is 21.3 Å². The fraction of sp³-hybridized carbons (Fsp3) is 0.364. The molecule has 0 aromatic heterocycles. The van der Waals surface area contributed by atoms with Crippen molar-refractivity contribution in [3.63, 3.8) is 0 Å². The lowest BCUT2D eigenvalue weighted by atomic mass is 10.1. The molecule has 0 aliphatic heterocycles. The number of ether oxygens (including phenoxy) is 2. The highest BCUT2D eigenvalue weighted by Gasteiger charge is 2.09. The summed E-state index contributed by atoms with van der Waals surface area (Å²) in [5.74, 6) is 0.479. The fourth-order valence-electron chi connectivity index (χ4n) is 1.30. The van der Waals surface area contributed by atoms with E-state index in [1.807, 2.05) is 19.1 Å². The van der Waals surface area contributed by atoms with Gasteiger partial charge < -0.3 is 9.47 Å². The molecule has 0 N–H and O–H groups in total. The third-order valence-electron chi connectivity index (χ3n) is 2.08. The number of hydrogen-bond acceptors (Lipinski definition) is 3. The SMILES string of the molecule is COC(=O)Cc1cc(C)c(Br)c(OC)c1. The smallest absolute Gasteiger partial charge is 0.309 e. The van der Waals surface area contributed by atoms with Crippen molar-refractivity contribution in [3.8, 4) is 5.75 Å². The Balaban J connectivity index is 3.00. The van der Waals surface area contributed by atoms with Gasteiger partial charge in [0.25, 0.3) is 0 Å². The Morgan fingerprint density at radius 2 is 2.07 bits per heavy atom. The van der Waals surface area contributed by atoms with Crippen LogP contribution in [0.4, 0.5) is 0 Å². The average molecular weight is 273 g/mol. The summed E-state index contributed by atoms with van der Waals surface area (Å²) in [6.07, 6.45) is 0.265. The molecule has 1 aromatic rings. The van der Waals surface area contributed by atoms with Crippen molar-refractivity contribution in [1.29, 1.82) is 0 Å². The molecule has 0 saturated carbocycles. The number of aryl methyl sites for hydroxylation is 1. The van der Waals surface area contributed by atoms with Crippen molar-refractivity contribution in [3.05, 3.63) is 27.7 Å². The van der Waals surface area contributed by atoms with Crippen molar-refractivity contribution in [2.45, 2.75) is 13.3 Å². The molecule has 0 radical (unpaired) electrons. The van der Waals surface area contributed by atoms with Gasteiger partial charge in [0.1, 0.15) is 5.75 Å². The predicted molar refractivity (Wildman–Crippen MR) is 61.2 cm³/mol. The molecule has 3 nitrogen and oxygen atoms in total. The maximum atomic E-state index is 11.1. The number of hydrogen-bond donors (Lipinski definition) is 0. The number of benzene rings is 1. The maximum Gasteiger partial charge on any atom is 0.309 e. The largest absolute Gasteiger partial charge is 0.496 e. The van der Waals surface area contributed by atoms with Crippen LogP contribution >= 0.6 is 15.9 Å². The van der Waals surface area contributed by atoms with E-state index in [2.05, 4.69) is 20.7 Å². The van der Waals surface area contributed by atoms with Gasteiger partial charge >= 0.3 is 5.97 Å². The summed E-state index contributed by atoms with van der Waals surface area (Å²) in [6, 6.07) is 3.76. The molecule has 0 spiro atoms. The normalized spacial score (nSPS) is 9.87. The molecule has 0 atom stereocenters. The molecule has 15 heavy (non-hydrogen) atoms. The van der Waals surface area contributed by atoms with Crippen LogP contribution in [-0.4, -0.2) is 20.2 Å². The van der Waals surface area contributed by atoms with Crippen LogP contribution in [0.15, 0.2) is 16.6 Å². The molecule has 0 bridgehead atoms. The summed E-state index contributed by atoms with van der Waals surface area (Å²) in [5, 5.41) is 0. The Morgan fingerprint density at radius 3 is 2.60 bits per heavy atom. The fourth-order valence-corrected chi connectivity index (χ4v) is 1.69. The molecule has 0 fully saturated rings. The molecule has 1 rings (SSSR count). The van der Waals surface area contributed by atoms with E-state index in [1.54, 1.807) is 7.11 Å². The second-order valence-corrected chi connectivity index (χ2v) is 3.97. The molecule has 0 amide bonds. The highest BCUT2D eigenvalue weighted by atomic mass is 79.9. The van der Waals surface area contributed by atoms with Crippen LogP contribution in [0.1, 0.15) is 11.1 Å². The summed E-state index contributed by atoms with van der Waals surface area (Å²) in [5.41, 5.74) is 1.92. The van der Waals surface area contributed by atoms with E-state index >= 15 is 0 Å². The van der Waals surface area contributed by atoms with Crippen LogP contribution < -0.4 is 4.74 Å². The van der Waals surface area contributed by atoms with Crippen LogP contribution in [0.2, 0.25) is 0 Å². The summed E-state index contributed by atoms with van der Waals surface area (Å²) in [7, 11) is 2.98. The van der Waals surface area contributed by atoms with Gasteiger partial charge in [-0.3, -0.25) is 4.79 Å². The molecule has 0 saturated heterocycles. The van der Waals surface area contributed by atoms with E-state index in [9.17, 15) is 4.79 Å². The molecule has 0 heterocycles. The van der Waals surface area contributed by atoms with Gasteiger partial charge in [0.15, 0.2) is 0 Å². The summed E-state index contributed by atoms with van der Waals surface area (Å²) < 4.78 is 10.7. The number of esters is 1. The van der Waals surface area contributed by atoms with Crippen molar-refractivity contribution in [1.82, 2.24) is 0 Å². The van der Waals surface area contributed by atoms with Crippen molar-refractivity contribution < 1.29 is 14.3 Å². The first-order chi connectivity index (χ1) is 7.08. The van der Waals surface area contributed by atoms with Crippen LogP contribution in [0.25, 0.3) is 0 Å². The Kier molecular flexibility index (Phi) is 4.15. The van der Waals surface area contributed by atoms with Gasteiger partial charge in [-0.15, -0.1) is 0 Å². The Hall–Kier alpha value is -1.03. The third kappa shape index (κ3) is 2.96. The highest BCUT2D eigenvalue weighted by Crippen LogP contribution is 2.29. The maximum absolute atomic E-state index is 11.1. The van der Waals surface area contributed by atoms with Gasteiger partial charge in [-0.2, -0.15) is 0 Å². The first-order valence-electron chi connectivity index (χ1n) is 4.48. The van der Waals surface area contributed by atoms with Crippen molar-refractivity contribution in [2.75, 3.05) is 14.2 Å². The minimum atomic E-state index is -0.251. The summed E-state index contributed by atoms with van der Waals surface area (Å²) in [6.45, 7) is 1.95. The van der Waals surface area contributed by atoms with E-state index in [0.29, 0.717) is 0 Å². The number of methoxy groups -OCH3 is 2. The van der Waals surface area contributed by atoms with Gasteiger partial charge in [-0.05, 0) is 40.0 Å². The zero-order valence-corrected chi connectivity index (χ0v) is 10.6.